The lowest BCUT2D eigenvalue weighted by Gasteiger charge is -2.16. The van der Waals surface area contributed by atoms with Crippen molar-refractivity contribution in [1.82, 2.24) is 5.32 Å². The van der Waals surface area contributed by atoms with E-state index in [1.54, 1.807) is 0 Å². The van der Waals surface area contributed by atoms with Gasteiger partial charge >= 0.3 is 12.6 Å². The van der Waals surface area contributed by atoms with E-state index < -0.39 is 25.1 Å². The fourth-order valence-electron chi connectivity index (χ4n) is 2.84. The Morgan fingerprint density at radius 2 is 1.81 bits per heavy atom. The van der Waals surface area contributed by atoms with Gasteiger partial charge in [0.2, 0.25) is 0 Å². The van der Waals surface area contributed by atoms with Gasteiger partial charge in [0.1, 0.15) is 5.75 Å². The maximum absolute atomic E-state index is 12.2. The standard InChI is InChI=1S/C20H19F2NO4/c21-19(22)27-16-8-4-5-14(11-16)18(25)26-12-17(24)23-13-20(9-10-20)15-6-2-1-3-7-15/h1-8,11,19H,9-10,12-13H2,(H,23,24). The second-order valence-electron chi connectivity index (χ2n) is 6.41. The Hall–Kier alpha value is -2.96. The summed E-state index contributed by atoms with van der Waals surface area (Å²) in [4.78, 5) is 24.0. The van der Waals surface area contributed by atoms with Crippen molar-refractivity contribution < 1.29 is 27.8 Å². The molecule has 2 aromatic carbocycles. The lowest BCUT2D eigenvalue weighted by Crippen LogP contribution is -2.35. The van der Waals surface area contributed by atoms with Crippen LogP contribution >= 0.6 is 0 Å². The molecule has 1 aliphatic rings. The Morgan fingerprint density at radius 3 is 2.48 bits per heavy atom. The van der Waals surface area contributed by atoms with Gasteiger partial charge in [-0.15, -0.1) is 0 Å². The molecule has 142 valence electrons. The van der Waals surface area contributed by atoms with Crippen LogP contribution in [-0.4, -0.2) is 31.6 Å². The second-order valence-corrected chi connectivity index (χ2v) is 6.41. The molecule has 0 spiro atoms. The second kappa shape index (κ2) is 8.16. The van der Waals surface area contributed by atoms with Gasteiger partial charge in [0.05, 0.1) is 5.56 Å². The molecule has 1 amide bonds. The molecular weight excluding hydrogens is 356 g/mol. The van der Waals surface area contributed by atoms with Gasteiger partial charge in [-0.2, -0.15) is 8.78 Å². The Bertz CT molecular complexity index is 807. The smallest absolute Gasteiger partial charge is 0.387 e. The predicted octanol–water partition coefficient (Wildman–Crippen LogP) is 3.29. The van der Waals surface area contributed by atoms with E-state index in [1.165, 1.54) is 23.8 Å². The number of amides is 1. The van der Waals surface area contributed by atoms with Crippen LogP contribution in [0.4, 0.5) is 8.78 Å². The summed E-state index contributed by atoms with van der Waals surface area (Å²) in [5.41, 5.74) is 1.17. The predicted molar refractivity (Wildman–Crippen MR) is 93.7 cm³/mol. The SMILES string of the molecule is O=C(COC(=O)c1cccc(OC(F)F)c1)NCC1(c2ccccc2)CC1. The van der Waals surface area contributed by atoms with Gasteiger partial charge in [0.15, 0.2) is 6.61 Å². The molecule has 5 nitrogen and oxygen atoms in total. The van der Waals surface area contributed by atoms with E-state index in [0.29, 0.717) is 6.54 Å². The number of hydrogen-bond donors (Lipinski definition) is 1. The maximum Gasteiger partial charge on any atom is 0.387 e. The quantitative estimate of drug-likeness (QED) is 0.719. The molecular formula is C20H19F2NO4. The van der Waals surface area contributed by atoms with E-state index in [1.807, 2.05) is 30.3 Å². The van der Waals surface area contributed by atoms with Gasteiger partial charge in [0, 0.05) is 12.0 Å². The van der Waals surface area contributed by atoms with Gasteiger partial charge in [-0.25, -0.2) is 4.79 Å². The molecule has 0 aliphatic heterocycles. The van der Waals surface area contributed by atoms with Crippen molar-refractivity contribution in [2.24, 2.45) is 0 Å². The lowest BCUT2D eigenvalue weighted by atomic mass is 9.96. The first-order valence-electron chi connectivity index (χ1n) is 8.53. The third-order valence-corrected chi connectivity index (χ3v) is 4.49. The zero-order valence-corrected chi connectivity index (χ0v) is 14.5. The van der Waals surface area contributed by atoms with Crippen molar-refractivity contribution in [1.29, 1.82) is 0 Å². The normalized spacial score (nSPS) is 14.5. The number of halogens is 2. The highest BCUT2D eigenvalue weighted by atomic mass is 19.3. The largest absolute Gasteiger partial charge is 0.452 e. The van der Waals surface area contributed by atoms with Crippen molar-refractivity contribution in [3.8, 4) is 5.75 Å². The van der Waals surface area contributed by atoms with Crippen LogP contribution in [0.2, 0.25) is 0 Å². The molecule has 0 bridgehead atoms. The van der Waals surface area contributed by atoms with Crippen LogP contribution in [0, 0.1) is 0 Å². The Morgan fingerprint density at radius 1 is 1.07 bits per heavy atom. The van der Waals surface area contributed by atoms with Gasteiger partial charge in [0.25, 0.3) is 5.91 Å². The van der Waals surface area contributed by atoms with Gasteiger partial charge in [-0.05, 0) is 36.6 Å². The third-order valence-electron chi connectivity index (χ3n) is 4.49. The minimum absolute atomic E-state index is 0.0314. The number of nitrogens with one attached hydrogen (secondary N) is 1. The summed E-state index contributed by atoms with van der Waals surface area (Å²) in [6.45, 7) is -2.95. The van der Waals surface area contributed by atoms with E-state index in [0.717, 1.165) is 18.9 Å². The van der Waals surface area contributed by atoms with Crippen LogP contribution in [0.15, 0.2) is 54.6 Å². The number of rotatable bonds is 8. The number of ether oxygens (including phenoxy) is 2. The Balaban J connectivity index is 1.47. The zero-order valence-electron chi connectivity index (χ0n) is 14.5. The van der Waals surface area contributed by atoms with Crippen LogP contribution < -0.4 is 10.1 Å². The van der Waals surface area contributed by atoms with Gasteiger partial charge in [-0.1, -0.05) is 36.4 Å². The van der Waals surface area contributed by atoms with Crippen molar-refractivity contribution >= 4 is 11.9 Å². The highest BCUT2D eigenvalue weighted by molar-refractivity contribution is 5.91. The minimum atomic E-state index is -2.98. The molecule has 2 aromatic rings. The minimum Gasteiger partial charge on any atom is -0.452 e. The molecule has 0 aromatic heterocycles. The molecule has 1 aliphatic carbocycles. The van der Waals surface area contributed by atoms with Gasteiger partial charge in [-0.3, -0.25) is 4.79 Å². The monoisotopic (exact) mass is 375 g/mol. The summed E-state index contributed by atoms with van der Waals surface area (Å²) in [7, 11) is 0. The average molecular weight is 375 g/mol. The first-order valence-corrected chi connectivity index (χ1v) is 8.53. The van der Waals surface area contributed by atoms with E-state index in [2.05, 4.69) is 10.1 Å². The topological polar surface area (TPSA) is 64.6 Å². The molecule has 1 fully saturated rings. The fourth-order valence-corrected chi connectivity index (χ4v) is 2.84. The first-order chi connectivity index (χ1) is 13.0. The van der Waals surface area contributed by atoms with Crippen LogP contribution in [0.1, 0.15) is 28.8 Å². The van der Waals surface area contributed by atoms with Gasteiger partial charge < -0.3 is 14.8 Å². The van der Waals surface area contributed by atoms with Crippen molar-refractivity contribution in [3.05, 3.63) is 65.7 Å². The summed E-state index contributed by atoms with van der Waals surface area (Å²) < 4.78 is 33.6. The number of esters is 1. The average Bonchev–Trinajstić information content (AvgIpc) is 3.46. The maximum atomic E-state index is 12.2. The van der Waals surface area contributed by atoms with E-state index in [9.17, 15) is 18.4 Å². The lowest BCUT2D eigenvalue weighted by molar-refractivity contribution is -0.124. The molecule has 0 radical (unpaired) electrons. The van der Waals surface area contributed by atoms with E-state index >= 15 is 0 Å². The van der Waals surface area contributed by atoms with Crippen LogP contribution in [0.3, 0.4) is 0 Å². The summed E-state index contributed by atoms with van der Waals surface area (Å²) in [5, 5.41) is 2.79. The summed E-state index contributed by atoms with van der Waals surface area (Å²) in [6, 6.07) is 15.2. The Labute approximate surface area is 155 Å². The Kier molecular flexibility index (Phi) is 5.69. The van der Waals surface area contributed by atoms with Crippen molar-refractivity contribution in [2.75, 3.05) is 13.2 Å². The molecule has 3 rings (SSSR count). The first kappa shape index (κ1) is 18.8. The number of carbonyl (C=O) groups excluding carboxylic acids is 2. The van der Waals surface area contributed by atoms with E-state index in [4.69, 9.17) is 4.74 Å². The number of alkyl halides is 2. The van der Waals surface area contributed by atoms with Crippen LogP contribution in [-0.2, 0) is 14.9 Å². The van der Waals surface area contributed by atoms with E-state index in [-0.39, 0.29) is 16.7 Å². The number of hydrogen-bond acceptors (Lipinski definition) is 4. The molecule has 27 heavy (non-hydrogen) atoms. The molecule has 0 atom stereocenters. The highest BCUT2D eigenvalue weighted by Crippen LogP contribution is 2.47. The third kappa shape index (κ3) is 5.03. The molecule has 1 N–H and O–H groups in total. The fraction of sp³-hybridized carbons (Fsp3) is 0.300. The molecule has 0 saturated heterocycles. The van der Waals surface area contributed by atoms with Crippen molar-refractivity contribution in [3.63, 3.8) is 0 Å². The summed E-state index contributed by atoms with van der Waals surface area (Å²) in [6.07, 6.45) is 1.99. The van der Waals surface area contributed by atoms with Crippen LogP contribution in [0.25, 0.3) is 0 Å². The molecule has 1 saturated carbocycles. The molecule has 7 heteroatoms. The summed E-state index contributed by atoms with van der Waals surface area (Å²) >= 11 is 0. The number of benzene rings is 2. The zero-order chi connectivity index (χ0) is 19.3. The van der Waals surface area contributed by atoms with Crippen LogP contribution in [0.5, 0.6) is 5.75 Å². The summed E-state index contributed by atoms with van der Waals surface area (Å²) in [5.74, 6) is -1.35. The highest BCUT2D eigenvalue weighted by Gasteiger charge is 2.44. The molecule has 0 heterocycles. The number of carbonyl (C=O) groups is 2. The molecule has 0 unspecified atom stereocenters. The van der Waals surface area contributed by atoms with Crippen molar-refractivity contribution in [2.45, 2.75) is 24.9 Å².